The van der Waals surface area contributed by atoms with Gasteiger partial charge in [0.1, 0.15) is 6.54 Å². The van der Waals surface area contributed by atoms with Crippen LogP contribution >= 0.6 is 22.6 Å². The Labute approximate surface area is 177 Å². The molecule has 2 aromatic rings. The van der Waals surface area contributed by atoms with Crippen molar-refractivity contribution in [3.05, 3.63) is 63.7 Å². The average Bonchev–Trinajstić information content (AvgIpc) is 3.03. The molecule has 0 spiro atoms. The van der Waals surface area contributed by atoms with E-state index in [0.717, 1.165) is 3.57 Å². The van der Waals surface area contributed by atoms with Gasteiger partial charge in [-0.1, -0.05) is 18.2 Å². The van der Waals surface area contributed by atoms with Gasteiger partial charge in [0.05, 0.1) is 5.69 Å². The molecule has 2 fully saturated rings. The van der Waals surface area contributed by atoms with E-state index in [0.29, 0.717) is 37.2 Å². The highest BCUT2D eigenvalue weighted by atomic mass is 127. The molecule has 7 heteroatoms. The number of hydrogen-bond acceptors (Lipinski definition) is 3. The number of carbonyl (C=O) groups is 3. The Balaban J connectivity index is 1.40. The van der Waals surface area contributed by atoms with Crippen LogP contribution in [0.3, 0.4) is 0 Å². The normalized spacial score (nSPS) is 18.1. The maximum Gasteiger partial charge on any atom is 0.332 e. The molecule has 144 valence electrons. The number of halogens is 1. The maximum absolute atomic E-state index is 12.8. The van der Waals surface area contributed by atoms with Crippen LogP contribution in [0.25, 0.3) is 0 Å². The summed E-state index contributed by atoms with van der Waals surface area (Å²) in [5.41, 5.74) is 1.29. The second-order valence-electron chi connectivity index (χ2n) is 7.01. The van der Waals surface area contributed by atoms with Crippen molar-refractivity contribution in [3.63, 3.8) is 0 Å². The number of nitrogens with zero attached hydrogens (tertiary/aromatic N) is 3. The molecule has 2 saturated heterocycles. The molecule has 2 aliphatic rings. The summed E-state index contributed by atoms with van der Waals surface area (Å²) < 4.78 is 1.09. The van der Waals surface area contributed by atoms with Crippen molar-refractivity contribution in [2.45, 2.75) is 18.9 Å². The monoisotopic (exact) mass is 489 g/mol. The summed E-state index contributed by atoms with van der Waals surface area (Å²) in [7, 11) is 0. The van der Waals surface area contributed by atoms with Gasteiger partial charge in [-0.05, 0) is 71.8 Å². The predicted molar refractivity (Wildman–Crippen MR) is 114 cm³/mol. The molecule has 0 unspecified atom stereocenters. The molecule has 28 heavy (non-hydrogen) atoms. The van der Waals surface area contributed by atoms with Gasteiger partial charge in [0.25, 0.3) is 11.8 Å². The van der Waals surface area contributed by atoms with Gasteiger partial charge < -0.3 is 9.80 Å². The number of carbonyl (C=O) groups excluding carboxylic acids is 3. The molecule has 0 radical (unpaired) electrons. The highest BCUT2D eigenvalue weighted by molar-refractivity contribution is 14.1. The number of likely N-dealkylation sites (tertiary alicyclic amines) is 1. The van der Waals surface area contributed by atoms with E-state index in [2.05, 4.69) is 22.6 Å². The Kier molecular flexibility index (Phi) is 5.34. The molecule has 2 aromatic carbocycles. The van der Waals surface area contributed by atoms with Crippen molar-refractivity contribution in [3.8, 4) is 0 Å². The molecular formula is C21H20IN3O3. The zero-order chi connectivity index (χ0) is 19.7. The number of benzene rings is 2. The smallest absolute Gasteiger partial charge is 0.332 e. The first-order chi connectivity index (χ1) is 13.5. The van der Waals surface area contributed by atoms with E-state index in [-0.39, 0.29) is 30.4 Å². The van der Waals surface area contributed by atoms with Crippen molar-refractivity contribution >= 4 is 46.1 Å². The van der Waals surface area contributed by atoms with Crippen LogP contribution < -0.4 is 4.90 Å². The third-order valence-corrected chi connectivity index (χ3v) is 6.01. The number of para-hydroxylation sites is 1. The standard InChI is InChI=1S/C21H20IN3O3/c22-16-8-6-15(7-9-16)20(27)23-12-10-17(11-13-23)24-14-19(26)25(21(24)28)18-4-2-1-3-5-18/h1-9,17H,10-14H2. The van der Waals surface area contributed by atoms with Crippen molar-refractivity contribution in [2.75, 3.05) is 24.5 Å². The Morgan fingerprint density at radius 3 is 2.21 bits per heavy atom. The summed E-state index contributed by atoms with van der Waals surface area (Å²) in [6, 6.07) is 16.3. The van der Waals surface area contributed by atoms with Crippen LogP contribution in [0.15, 0.2) is 54.6 Å². The molecule has 0 N–H and O–H groups in total. The largest absolute Gasteiger partial charge is 0.338 e. The Morgan fingerprint density at radius 2 is 1.57 bits per heavy atom. The second kappa shape index (κ2) is 7.90. The molecule has 0 atom stereocenters. The van der Waals surface area contributed by atoms with E-state index in [1.165, 1.54) is 4.90 Å². The summed E-state index contributed by atoms with van der Waals surface area (Å²) in [5, 5.41) is 0. The van der Waals surface area contributed by atoms with Crippen LogP contribution in [-0.4, -0.2) is 53.3 Å². The molecule has 2 heterocycles. The SMILES string of the molecule is O=C(c1ccc(I)cc1)N1CCC(N2CC(=O)N(c3ccccc3)C2=O)CC1. The van der Waals surface area contributed by atoms with Gasteiger partial charge in [-0.25, -0.2) is 9.69 Å². The first-order valence-corrected chi connectivity index (χ1v) is 10.4. The van der Waals surface area contributed by atoms with E-state index in [1.54, 1.807) is 17.0 Å². The molecule has 4 amide bonds. The average molecular weight is 489 g/mol. The van der Waals surface area contributed by atoms with Crippen LogP contribution in [0.1, 0.15) is 23.2 Å². The van der Waals surface area contributed by atoms with Crippen molar-refractivity contribution < 1.29 is 14.4 Å². The van der Waals surface area contributed by atoms with Gasteiger partial charge in [-0.3, -0.25) is 9.59 Å². The van der Waals surface area contributed by atoms with Gasteiger partial charge in [0.15, 0.2) is 0 Å². The van der Waals surface area contributed by atoms with Crippen LogP contribution in [0.5, 0.6) is 0 Å². The number of piperidine rings is 1. The lowest BCUT2D eigenvalue weighted by atomic mass is 10.0. The third kappa shape index (κ3) is 3.63. The number of anilines is 1. The Bertz CT molecular complexity index is 893. The molecule has 6 nitrogen and oxygen atoms in total. The predicted octanol–water partition coefficient (Wildman–Crippen LogP) is 3.36. The second-order valence-corrected chi connectivity index (χ2v) is 8.25. The first kappa shape index (κ1) is 18.9. The van der Waals surface area contributed by atoms with Crippen LogP contribution in [-0.2, 0) is 4.79 Å². The van der Waals surface area contributed by atoms with Crippen molar-refractivity contribution in [1.82, 2.24) is 9.80 Å². The van der Waals surface area contributed by atoms with Gasteiger partial charge in [0, 0.05) is 28.3 Å². The van der Waals surface area contributed by atoms with E-state index in [4.69, 9.17) is 0 Å². The zero-order valence-electron chi connectivity index (χ0n) is 15.3. The van der Waals surface area contributed by atoms with E-state index in [9.17, 15) is 14.4 Å². The highest BCUT2D eigenvalue weighted by Gasteiger charge is 2.41. The number of urea groups is 1. The highest BCUT2D eigenvalue weighted by Crippen LogP contribution is 2.26. The van der Waals surface area contributed by atoms with Crippen LogP contribution in [0, 0.1) is 3.57 Å². The van der Waals surface area contributed by atoms with Gasteiger partial charge >= 0.3 is 6.03 Å². The summed E-state index contributed by atoms with van der Waals surface area (Å²) in [6.45, 7) is 1.26. The maximum atomic E-state index is 12.8. The fourth-order valence-corrected chi connectivity index (χ4v) is 4.15. The lowest BCUT2D eigenvalue weighted by Crippen LogP contribution is -2.48. The quantitative estimate of drug-likeness (QED) is 0.491. The van der Waals surface area contributed by atoms with Gasteiger partial charge in [-0.15, -0.1) is 0 Å². The van der Waals surface area contributed by atoms with Crippen LogP contribution in [0.2, 0.25) is 0 Å². The number of imide groups is 1. The summed E-state index contributed by atoms with van der Waals surface area (Å²) in [5.74, 6) is -0.182. The third-order valence-electron chi connectivity index (χ3n) is 5.29. The minimum Gasteiger partial charge on any atom is -0.338 e. The van der Waals surface area contributed by atoms with E-state index >= 15 is 0 Å². The number of rotatable bonds is 3. The van der Waals surface area contributed by atoms with E-state index < -0.39 is 0 Å². The minimum absolute atomic E-state index is 0.0181. The molecule has 0 aliphatic carbocycles. The topological polar surface area (TPSA) is 60.9 Å². The Morgan fingerprint density at radius 1 is 0.929 bits per heavy atom. The zero-order valence-corrected chi connectivity index (χ0v) is 17.4. The van der Waals surface area contributed by atoms with Gasteiger partial charge in [0.2, 0.25) is 0 Å². The van der Waals surface area contributed by atoms with Gasteiger partial charge in [-0.2, -0.15) is 0 Å². The lowest BCUT2D eigenvalue weighted by Gasteiger charge is -2.36. The fraction of sp³-hybridized carbons (Fsp3) is 0.286. The van der Waals surface area contributed by atoms with Crippen LogP contribution in [0.4, 0.5) is 10.5 Å². The molecular weight excluding hydrogens is 469 g/mol. The summed E-state index contributed by atoms with van der Waals surface area (Å²) in [6.07, 6.45) is 1.36. The molecule has 0 saturated carbocycles. The molecule has 0 bridgehead atoms. The Hall–Kier alpha value is -2.42. The molecule has 0 aromatic heterocycles. The van der Waals surface area contributed by atoms with E-state index in [1.807, 2.05) is 47.4 Å². The summed E-state index contributed by atoms with van der Waals surface area (Å²) in [4.78, 5) is 42.7. The molecule has 4 rings (SSSR count). The fourth-order valence-electron chi connectivity index (χ4n) is 3.79. The number of amides is 4. The van der Waals surface area contributed by atoms with Crippen molar-refractivity contribution in [1.29, 1.82) is 0 Å². The lowest BCUT2D eigenvalue weighted by molar-refractivity contribution is -0.116. The van der Waals surface area contributed by atoms with Crippen molar-refractivity contribution in [2.24, 2.45) is 0 Å². The molecule has 2 aliphatic heterocycles. The first-order valence-electron chi connectivity index (χ1n) is 9.28. The number of hydrogen-bond donors (Lipinski definition) is 0. The minimum atomic E-state index is -0.265. The summed E-state index contributed by atoms with van der Waals surface area (Å²) >= 11 is 2.21.